The molecule has 0 amide bonds. The van der Waals surface area contributed by atoms with Crippen LogP contribution in [0.25, 0.3) is 0 Å². The number of nitrogens with zero attached hydrogens (tertiary/aromatic N) is 2. The third kappa shape index (κ3) is 3.69. The zero-order valence-electron chi connectivity index (χ0n) is 15.3. The fourth-order valence-corrected chi connectivity index (χ4v) is 4.36. The summed E-state index contributed by atoms with van der Waals surface area (Å²) in [5.74, 6) is -0.298. The fourth-order valence-electron chi connectivity index (χ4n) is 4.36. The molecule has 1 heterocycles. The van der Waals surface area contributed by atoms with Gasteiger partial charge in [-0.3, -0.25) is 4.90 Å². The molecule has 2 aromatic rings. The minimum atomic E-state index is -0.494. The summed E-state index contributed by atoms with van der Waals surface area (Å²) < 4.78 is 20.7. The molecular formula is C22H24FN3O. The number of hydrogen-bond donors (Lipinski definition) is 1. The quantitative estimate of drug-likeness (QED) is 0.903. The SMILES string of the molecule is N#Cc1ccc(O[C@H]2c3ccccc3CC[C@@H]2N2CCC[C@@H](N)C2)c(F)c1. The lowest BCUT2D eigenvalue weighted by atomic mass is 9.84. The molecule has 0 unspecified atom stereocenters. The molecular weight excluding hydrogens is 341 g/mol. The standard InChI is InChI=1S/C22H24FN3O/c23-19-12-15(13-24)7-10-21(19)27-22-18-6-2-1-4-16(18)8-9-20(22)26-11-3-5-17(25)14-26/h1-2,4,6-7,10,12,17,20,22H,3,5,8-9,11,14,25H2/t17-,20+,22+/m1/s1. The first-order valence-corrected chi connectivity index (χ1v) is 9.59. The van der Waals surface area contributed by atoms with Crippen LogP contribution in [0.15, 0.2) is 42.5 Å². The molecule has 0 saturated carbocycles. The smallest absolute Gasteiger partial charge is 0.166 e. The first kappa shape index (κ1) is 18.0. The number of nitriles is 1. The van der Waals surface area contributed by atoms with Crippen molar-refractivity contribution in [1.29, 1.82) is 5.26 Å². The predicted octanol–water partition coefficient (Wildman–Crippen LogP) is 3.56. The van der Waals surface area contributed by atoms with Gasteiger partial charge in [0.1, 0.15) is 6.10 Å². The third-order valence-electron chi connectivity index (χ3n) is 5.69. The van der Waals surface area contributed by atoms with E-state index in [2.05, 4.69) is 17.0 Å². The lowest BCUT2D eigenvalue weighted by molar-refractivity contribution is 0.0347. The lowest BCUT2D eigenvalue weighted by Gasteiger charge is -2.43. The zero-order chi connectivity index (χ0) is 18.8. The number of fused-ring (bicyclic) bond motifs is 1. The third-order valence-corrected chi connectivity index (χ3v) is 5.69. The van der Waals surface area contributed by atoms with E-state index in [0.717, 1.165) is 44.3 Å². The van der Waals surface area contributed by atoms with E-state index in [-0.39, 0.29) is 23.9 Å². The van der Waals surface area contributed by atoms with Gasteiger partial charge in [-0.2, -0.15) is 5.26 Å². The van der Waals surface area contributed by atoms with Crippen LogP contribution in [0.2, 0.25) is 0 Å². The molecule has 0 aromatic heterocycles. The van der Waals surface area contributed by atoms with Crippen LogP contribution >= 0.6 is 0 Å². The molecule has 3 atom stereocenters. The molecule has 1 saturated heterocycles. The second-order valence-corrected chi connectivity index (χ2v) is 7.50. The number of halogens is 1. The first-order valence-electron chi connectivity index (χ1n) is 9.59. The Morgan fingerprint density at radius 1 is 1.19 bits per heavy atom. The average Bonchev–Trinajstić information content (AvgIpc) is 2.69. The molecule has 4 rings (SSSR count). The van der Waals surface area contributed by atoms with Crippen LogP contribution in [0.1, 0.15) is 42.1 Å². The van der Waals surface area contributed by atoms with Crippen LogP contribution in [-0.2, 0) is 6.42 Å². The molecule has 1 fully saturated rings. The maximum atomic E-state index is 14.5. The monoisotopic (exact) mass is 365 g/mol. The average molecular weight is 365 g/mol. The van der Waals surface area contributed by atoms with Crippen molar-refractivity contribution in [3.63, 3.8) is 0 Å². The Bertz CT molecular complexity index is 863. The van der Waals surface area contributed by atoms with E-state index in [1.54, 1.807) is 12.1 Å². The van der Waals surface area contributed by atoms with Crippen molar-refractivity contribution in [2.24, 2.45) is 5.73 Å². The van der Waals surface area contributed by atoms with Crippen LogP contribution in [-0.4, -0.2) is 30.1 Å². The van der Waals surface area contributed by atoms with E-state index in [1.165, 1.54) is 11.6 Å². The molecule has 2 N–H and O–H groups in total. The molecule has 0 spiro atoms. The van der Waals surface area contributed by atoms with Gasteiger partial charge in [-0.25, -0.2) is 4.39 Å². The summed E-state index contributed by atoms with van der Waals surface area (Å²) >= 11 is 0. The maximum absolute atomic E-state index is 14.5. The largest absolute Gasteiger partial charge is 0.481 e. The number of likely N-dealkylation sites (tertiary alicyclic amines) is 1. The molecule has 5 heteroatoms. The van der Waals surface area contributed by atoms with Gasteiger partial charge in [0.15, 0.2) is 11.6 Å². The highest BCUT2D eigenvalue weighted by atomic mass is 19.1. The summed E-state index contributed by atoms with van der Waals surface area (Å²) in [5, 5.41) is 8.97. The number of benzene rings is 2. The van der Waals surface area contributed by atoms with Crippen LogP contribution < -0.4 is 10.5 Å². The van der Waals surface area contributed by atoms with Gasteiger partial charge >= 0.3 is 0 Å². The summed E-state index contributed by atoms with van der Waals surface area (Å²) in [6.07, 6.45) is 3.84. The normalized spacial score (nSPS) is 25.4. The van der Waals surface area contributed by atoms with Gasteiger partial charge in [-0.1, -0.05) is 24.3 Å². The highest BCUT2D eigenvalue weighted by Gasteiger charge is 2.37. The number of hydrogen-bond acceptors (Lipinski definition) is 4. The first-order chi connectivity index (χ1) is 13.2. The van der Waals surface area contributed by atoms with Gasteiger partial charge in [0.25, 0.3) is 0 Å². The van der Waals surface area contributed by atoms with Gasteiger partial charge < -0.3 is 10.5 Å². The van der Waals surface area contributed by atoms with Gasteiger partial charge in [0.05, 0.1) is 17.7 Å². The minimum Gasteiger partial charge on any atom is -0.481 e. The van der Waals surface area contributed by atoms with E-state index in [9.17, 15) is 4.39 Å². The molecule has 27 heavy (non-hydrogen) atoms. The Morgan fingerprint density at radius 3 is 2.81 bits per heavy atom. The molecule has 1 aliphatic carbocycles. The lowest BCUT2D eigenvalue weighted by Crippen LogP contribution is -2.51. The van der Waals surface area contributed by atoms with Crippen LogP contribution in [0.5, 0.6) is 5.75 Å². The number of nitrogens with two attached hydrogens (primary N) is 1. The number of aryl methyl sites for hydroxylation is 1. The summed E-state index contributed by atoms with van der Waals surface area (Å²) in [7, 11) is 0. The van der Waals surface area contributed by atoms with Crippen molar-refractivity contribution >= 4 is 0 Å². The number of piperidine rings is 1. The van der Waals surface area contributed by atoms with Crippen molar-refractivity contribution in [3.8, 4) is 11.8 Å². The highest BCUT2D eigenvalue weighted by molar-refractivity contribution is 5.38. The van der Waals surface area contributed by atoms with E-state index >= 15 is 0 Å². The number of ether oxygens (including phenoxy) is 1. The van der Waals surface area contributed by atoms with Gasteiger partial charge in [-0.15, -0.1) is 0 Å². The van der Waals surface area contributed by atoms with Gasteiger partial charge in [0.2, 0.25) is 0 Å². The van der Waals surface area contributed by atoms with Crippen molar-refractivity contribution in [1.82, 2.24) is 4.90 Å². The van der Waals surface area contributed by atoms with Crippen molar-refractivity contribution in [2.75, 3.05) is 13.1 Å². The summed E-state index contributed by atoms with van der Waals surface area (Å²) in [4.78, 5) is 2.41. The molecule has 2 aliphatic rings. The molecule has 140 valence electrons. The molecule has 0 radical (unpaired) electrons. The Labute approximate surface area is 159 Å². The van der Waals surface area contributed by atoms with E-state index in [0.29, 0.717) is 5.56 Å². The van der Waals surface area contributed by atoms with Crippen molar-refractivity contribution in [2.45, 2.75) is 43.9 Å². The van der Waals surface area contributed by atoms with Gasteiger partial charge in [0, 0.05) is 12.6 Å². The molecule has 0 bridgehead atoms. The zero-order valence-corrected chi connectivity index (χ0v) is 15.3. The summed E-state index contributed by atoms with van der Waals surface area (Å²) in [6, 6.07) is 15.0. The summed E-state index contributed by atoms with van der Waals surface area (Å²) in [5.41, 5.74) is 8.88. The molecule has 1 aliphatic heterocycles. The Balaban J connectivity index is 1.67. The molecule has 2 aromatic carbocycles. The Morgan fingerprint density at radius 2 is 2.04 bits per heavy atom. The topological polar surface area (TPSA) is 62.3 Å². The molecule has 4 nitrogen and oxygen atoms in total. The minimum absolute atomic E-state index is 0.168. The van der Waals surface area contributed by atoms with E-state index < -0.39 is 5.82 Å². The second kappa shape index (κ2) is 7.67. The fraction of sp³-hybridized carbons (Fsp3) is 0.409. The highest BCUT2D eigenvalue weighted by Crippen LogP contribution is 2.38. The van der Waals surface area contributed by atoms with Crippen LogP contribution in [0, 0.1) is 17.1 Å². The van der Waals surface area contributed by atoms with Crippen molar-refractivity contribution < 1.29 is 9.13 Å². The number of rotatable bonds is 3. The predicted molar refractivity (Wildman–Crippen MR) is 102 cm³/mol. The maximum Gasteiger partial charge on any atom is 0.166 e. The van der Waals surface area contributed by atoms with Crippen LogP contribution in [0.4, 0.5) is 4.39 Å². The Kier molecular flexibility index (Phi) is 5.11. The van der Waals surface area contributed by atoms with E-state index in [4.69, 9.17) is 15.7 Å². The Hall–Kier alpha value is -2.42. The van der Waals surface area contributed by atoms with E-state index in [1.807, 2.05) is 18.2 Å². The van der Waals surface area contributed by atoms with Gasteiger partial charge in [-0.05, 0) is 61.6 Å². The van der Waals surface area contributed by atoms with Crippen molar-refractivity contribution in [3.05, 3.63) is 65.0 Å². The van der Waals surface area contributed by atoms with Crippen LogP contribution in [0.3, 0.4) is 0 Å². The summed E-state index contributed by atoms with van der Waals surface area (Å²) in [6.45, 7) is 1.85. The second-order valence-electron chi connectivity index (χ2n) is 7.50.